The molecule has 1 aromatic heterocycles. The predicted octanol–water partition coefficient (Wildman–Crippen LogP) is 6.48. The average Bonchev–Trinajstić information content (AvgIpc) is 3.08. The molecule has 0 spiro atoms. The van der Waals surface area contributed by atoms with Crippen molar-refractivity contribution in [3.63, 3.8) is 0 Å². The molecule has 1 aliphatic heterocycles. The van der Waals surface area contributed by atoms with Crippen molar-refractivity contribution >= 4 is 27.5 Å². The number of allylic oxidation sites excluding steroid dienone is 2. The molecule has 2 heterocycles. The van der Waals surface area contributed by atoms with Gasteiger partial charge in [-0.15, -0.1) is 0 Å². The molecule has 1 aliphatic rings. The van der Waals surface area contributed by atoms with Gasteiger partial charge in [-0.25, -0.2) is 0 Å². The first-order valence-electron chi connectivity index (χ1n) is 9.30. The highest BCUT2D eigenvalue weighted by Crippen LogP contribution is 2.39. The van der Waals surface area contributed by atoms with Crippen LogP contribution in [0.1, 0.15) is 22.7 Å². The Hall–Kier alpha value is -3.26. The van der Waals surface area contributed by atoms with Gasteiger partial charge in [0.25, 0.3) is 0 Å². The summed E-state index contributed by atoms with van der Waals surface area (Å²) in [5, 5.41) is 2.36. The number of furan rings is 1. The number of hydrogen-bond donors (Lipinski definition) is 0. The summed E-state index contributed by atoms with van der Waals surface area (Å²) >= 11 is 0. The molecular weight excluding hydrogens is 330 g/mol. The van der Waals surface area contributed by atoms with Crippen molar-refractivity contribution in [3.05, 3.63) is 102 Å². The number of nitrogens with zero attached hydrogens (tertiary/aromatic N) is 1. The van der Waals surface area contributed by atoms with Crippen LogP contribution in [0, 0.1) is 6.92 Å². The van der Waals surface area contributed by atoms with Gasteiger partial charge in [-0.3, -0.25) is 0 Å². The monoisotopic (exact) mass is 351 g/mol. The summed E-state index contributed by atoms with van der Waals surface area (Å²) in [4.78, 5) is 2.25. The van der Waals surface area contributed by atoms with Crippen molar-refractivity contribution in [1.29, 1.82) is 0 Å². The molecule has 3 aromatic carbocycles. The second kappa shape index (κ2) is 6.17. The van der Waals surface area contributed by atoms with Crippen LogP contribution < -0.4 is 0 Å². The Bertz CT molecular complexity index is 1200. The largest absolute Gasteiger partial charge is 0.456 e. The lowest BCUT2D eigenvalue weighted by Gasteiger charge is -2.30. The zero-order valence-corrected chi connectivity index (χ0v) is 15.5. The number of hydrogen-bond acceptors (Lipinski definition) is 2. The number of aryl methyl sites for hydroxylation is 1. The number of rotatable bonds is 2. The number of benzene rings is 3. The van der Waals surface area contributed by atoms with Gasteiger partial charge >= 0.3 is 0 Å². The molecule has 1 atom stereocenters. The normalized spacial score (nSPS) is 16.9. The SMILES string of the molecule is Cc1ccc2c(oc3ccccc32)c1C1C=C(c2ccccc2)C=CN1C. The quantitative estimate of drug-likeness (QED) is 0.411. The van der Waals surface area contributed by atoms with E-state index < -0.39 is 0 Å². The topological polar surface area (TPSA) is 16.4 Å². The van der Waals surface area contributed by atoms with Crippen molar-refractivity contribution < 1.29 is 4.42 Å². The smallest absolute Gasteiger partial charge is 0.141 e. The van der Waals surface area contributed by atoms with E-state index in [-0.39, 0.29) is 6.04 Å². The van der Waals surface area contributed by atoms with Gasteiger partial charge in [0.1, 0.15) is 11.2 Å². The second-order valence-corrected chi connectivity index (χ2v) is 7.19. The highest BCUT2D eigenvalue weighted by molar-refractivity contribution is 6.06. The highest BCUT2D eigenvalue weighted by Gasteiger charge is 2.23. The molecule has 0 radical (unpaired) electrons. The Morgan fingerprint density at radius 2 is 1.63 bits per heavy atom. The summed E-state index contributed by atoms with van der Waals surface area (Å²) in [6.07, 6.45) is 6.68. The number of fused-ring (bicyclic) bond motifs is 3. The van der Waals surface area contributed by atoms with Crippen LogP contribution in [-0.4, -0.2) is 11.9 Å². The molecule has 132 valence electrons. The number of likely N-dealkylation sites (N-methyl/N-ethyl adjacent to an activating group) is 1. The zero-order chi connectivity index (χ0) is 18.4. The van der Waals surface area contributed by atoms with Gasteiger partial charge in [-0.2, -0.15) is 0 Å². The van der Waals surface area contributed by atoms with Crippen LogP contribution >= 0.6 is 0 Å². The molecule has 27 heavy (non-hydrogen) atoms. The minimum atomic E-state index is 0.134. The molecule has 1 unspecified atom stereocenters. The van der Waals surface area contributed by atoms with Gasteiger partial charge in [-0.05, 0) is 41.8 Å². The molecular formula is C25H21NO. The first-order chi connectivity index (χ1) is 13.2. The van der Waals surface area contributed by atoms with Crippen molar-refractivity contribution in [3.8, 4) is 0 Å². The molecule has 0 amide bonds. The van der Waals surface area contributed by atoms with Crippen molar-refractivity contribution in [2.45, 2.75) is 13.0 Å². The molecule has 0 aliphatic carbocycles. The minimum absolute atomic E-state index is 0.134. The van der Waals surface area contributed by atoms with Crippen LogP contribution in [0.3, 0.4) is 0 Å². The first-order valence-corrected chi connectivity index (χ1v) is 9.30. The Kier molecular flexibility index (Phi) is 3.64. The molecule has 0 N–H and O–H groups in total. The van der Waals surface area contributed by atoms with Crippen LogP contribution in [0.2, 0.25) is 0 Å². The van der Waals surface area contributed by atoms with E-state index in [1.54, 1.807) is 0 Å². The summed E-state index contributed by atoms with van der Waals surface area (Å²) in [6, 6.07) is 23.3. The van der Waals surface area contributed by atoms with E-state index in [1.165, 1.54) is 33.0 Å². The highest BCUT2D eigenvalue weighted by atomic mass is 16.3. The molecule has 0 fully saturated rings. The van der Waals surface area contributed by atoms with Crippen molar-refractivity contribution in [2.24, 2.45) is 0 Å². The second-order valence-electron chi connectivity index (χ2n) is 7.19. The fourth-order valence-corrected chi connectivity index (χ4v) is 4.02. The molecule has 0 bridgehead atoms. The van der Waals surface area contributed by atoms with E-state index in [4.69, 9.17) is 4.42 Å². The molecule has 5 rings (SSSR count). The Balaban J connectivity index is 1.73. The first kappa shape index (κ1) is 16.0. The van der Waals surface area contributed by atoms with Gasteiger partial charge < -0.3 is 9.32 Å². The summed E-state index contributed by atoms with van der Waals surface area (Å²) in [6.45, 7) is 2.17. The maximum absolute atomic E-state index is 6.33. The molecule has 0 saturated heterocycles. The van der Waals surface area contributed by atoms with Crippen molar-refractivity contribution in [1.82, 2.24) is 4.90 Å². The summed E-state index contributed by atoms with van der Waals surface area (Å²) in [7, 11) is 2.13. The summed E-state index contributed by atoms with van der Waals surface area (Å²) in [5.41, 5.74) is 6.90. The van der Waals surface area contributed by atoms with E-state index in [2.05, 4.69) is 91.8 Å². The van der Waals surface area contributed by atoms with Crippen LogP contribution in [0.4, 0.5) is 0 Å². The van der Waals surface area contributed by atoms with Crippen LogP contribution in [0.5, 0.6) is 0 Å². The predicted molar refractivity (Wildman–Crippen MR) is 113 cm³/mol. The molecule has 2 nitrogen and oxygen atoms in total. The third-order valence-corrected chi connectivity index (χ3v) is 5.47. The maximum Gasteiger partial charge on any atom is 0.141 e. The standard InChI is InChI=1S/C25H21NO/c1-17-12-13-21-20-10-6-7-11-23(20)27-25(21)24(17)22-16-19(14-15-26(22)2)18-8-4-3-5-9-18/h3-16,22H,1-2H3. The van der Waals surface area contributed by atoms with Gasteiger partial charge in [-0.1, -0.05) is 60.7 Å². The van der Waals surface area contributed by atoms with Gasteiger partial charge in [0.15, 0.2) is 0 Å². The summed E-state index contributed by atoms with van der Waals surface area (Å²) in [5.74, 6) is 0. The molecule has 0 saturated carbocycles. The molecule has 4 aromatic rings. The van der Waals surface area contributed by atoms with E-state index >= 15 is 0 Å². The lowest BCUT2D eigenvalue weighted by atomic mass is 9.92. The Morgan fingerprint density at radius 3 is 2.48 bits per heavy atom. The van der Waals surface area contributed by atoms with Crippen LogP contribution in [-0.2, 0) is 0 Å². The number of para-hydroxylation sites is 1. The lowest BCUT2D eigenvalue weighted by Crippen LogP contribution is -2.21. The van der Waals surface area contributed by atoms with Gasteiger partial charge in [0.05, 0.1) is 6.04 Å². The average molecular weight is 351 g/mol. The fraction of sp³-hybridized carbons (Fsp3) is 0.120. The fourth-order valence-electron chi connectivity index (χ4n) is 4.02. The van der Waals surface area contributed by atoms with Crippen LogP contribution in [0.25, 0.3) is 27.5 Å². The van der Waals surface area contributed by atoms with Crippen LogP contribution in [0.15, 0.2) is 89.5 Å². The van der Waals surface area contributed by atoms with Gasteiger partial charge in [0.2, 0.25) is 0 Å². The third kappa shape index (κ3) is 2.57. The summed E-state index contributed by atoms with van der Waals surface area (Å²) < 4.78 is 6.33. The molecule has 2 heteroatoms. The third-order valence-electron chi connectivity index (χ3n) is 5.47. The minimum Gasteiger partial charge on any atom is -0.456 e. The van der Waals surface area contributed by atoms with E-state index in [0.717, 1.165) is 11.2 Å². The van der Waals surface area contributed by atoms with E-state index in [1.807, 2.05) is 12.1 Å². The van der Waals surface area contributed by atoms with E-state index in [0.29, 0.717) is 0 Å². The zero-order valence-electron chi connectivity index (χ0n) is 15.5. The van der Waals surface area contributed by atoms with Gasteiger partial charge in [0, 0.05) is 29.6 Å². The Labute approximate surface area is 159 Å². The van der Waals surface area contributed by atoms with Crippen molar-refractivity contribution in [2.75, 3.05) is 7.05 Å². The Morgan fingerprint density at radius 1 is 0.852 bits per heavy atom. The van der Waals surface area contributed by atoms with E-state index in [9.17, 15) is 0 Å². The maximum atomic E-state index is 6.33. The lowest BCUT2D eigenvalue weighted by molar-refractivity contribution is 0.389.